The van der Waals surface area contributed by atoms with Gasteiger partial charge in [0.15, 0.2) is 0 Å². The molecule has 0 atom stereocenters. The molecule has 5 heteroatoms. The molecule has 1 N–H and O–H groups in total. The SMILES string of the molecule is O=C1Nc2ccc([N+](=O)[O-])cc2C1=CC1=CC2=C(CCCC2)C1. The van der Waals surface area contributed by atoms with Crippen LogP contribution >= 0.6 is 0 Å². The molecule has 0 radical (unpaired) electrons. The van der Waals surface area contributed by atoms with Crippen LogP contribution in [0.3, 0.4) is 0 Å². The molecule has 1 heterocycles. The molecular formula is C18H16N2O3. The van der Waals surface area contributed by atoms with E-state index in [2.05, 4.69) is 11.4 Å². The van der Waals surface area contributed by atoms with Crippen molar-refractivity contribution in [1.82, 2.24) is 0 Å². The topological polar surface area (TPSA) is 72.2 Å². The van der Waals surface area contributed by atoms with Gasteiger partial charge in [0.25, 0.3) is 11.6 Å². The highest BCUT2D eigenvalue weighted by atomic mass is 16.6. The molecule has 1 aromatic rings. The molecule has 116 valence electrons. The van der Waals surface area contributed by atoms with E-state index in [4.69, 9.17) is 0 Å². The first-order chi connectivity index (χ1) is 11.1. The van der Waals surface area contributed by atoms with Crippen molar-refractivity contribution in [1.29, 1.82) is 0 Å². The van der Waals surface area contributed by atoms with E-state index in [0.29, 0.717) is 16.8 Å². The zero-order valence-electron chi connectivity index (χ0n) is 12.6. The summed E-state index contributed by atoms with van der Waals surface area (Å²) < 4.78 is 0. The van der Waals surface area contributed by atoms with Crippen molar-refractivity contribution in [2.75, 3.05) is 5.32 Å². The maximum Gasteiger partial charge on any atom is 0.270 e. The number of carbonyl (C=O) groups is 1. The number of carbonyl (C=O) groups excluding carboxylic acids is 1. The summed E-state index contributed by atoms with van der Waals surface area (Å²) in [6.45, 7) is 0. The minimum atomic E-state index is -0.435. The molecule has 0 fully saturated rings. The maximum atomic E-state index is 12.2. The van der Waals surface area contributed by atoms with Gasteiger partial charge in [-0.15, -0.1) is 0 Å². The molecule has 0 spiro atoms. The van der Waals surface area contributed by atoms with Crippen LogP contribution in [0.15, 0.2) is 47.1 Å². The smallest absolute Gasteiger partial charge is 0.270 e. The van der Waals surface area contributed by atoms with E-state index in [0.717, 1.165) is 24.8 Å². The van der Waals surface area contributed by atoms with Crippen LogP contribution in [0.4, 0.5) is 11.4 Å². The molecular weight excluding hydrogens is 292 g/mol. The Kier molecular flexibility index (Phi) is 3.15. The lowest BCUT2D eigenvalue weighted by Crippen LogP contribution is -2.03. The largest absolute Gasteiger partial charge is 0.321 e. The van der Waals surface area contributed by atoms with E-state index in [-0.39, 0.29) is 11.6 Å². The fourth-order valence-electron chi connectivity index (χ4n) is 3.60. The van der Waals surface area contributed by atoms with Crippen molar-refractivity contribution in [3.63, 3.8) is 0 Å². The molecule has 0 unspecified atom stereocenters. The zero-order chi connectivity index (χ0) is 16.0. The Morgan fingerprint density at radius 1 is 1.22 bits per heavy atom. The van der Waals surface area contributed by atoms with Crippen LogP contribution in [0, 0.1) is 10.1 Å². The van der Waals surface area contributed by atoms with Crippen molar-refractivity contribution >= 4 is 22.9 Å². The molecule has 1 aromatic carbocycles. The molecule has 3 aliphatic rings. The van der Waals surface area contributed by atoms with Crippen LogP contribution in [0.25, 0.3) is 5.57 Å². The number of hydrogen-bond acceptors (Lipinski definition) is 3. The van der Waals surface area contributed by atoms with Crippen molar-refractivity contribution in [2.24, 2.45) is 0 Å². The fourth-order valence-corrected chi connectivity index (χ4v) is 3.60. The Hall–Kier alpha value is -2.69. The summed E-state index contributed by atoms with van der Waals surface area (Å²) in [5, 5.41) is 13.7. The lowest BCUT2D eigenvalue weighted by molar-refractivity contribution is -0.384. The number of nitrogens with one attached hydrogen (secondary N) is 1. The minimum absolute atomic E-state index is 0.00368. The first kappa shape index (κ1) is 13.9. The van der Waals surface area contributed by atoms with Crippen molar-refractivity contribution < 1.29 is 9.72 Å². The minimum Gasteiger partial charge on any atom is -0.321 e. The predicted octanol–water partition coefficient (Wildman–Crippen LogP) is 4.13. The van der Waals surface area contributed by atoms with Crippen molar-refractivity contribution in [2.45, 2.75) is 32.1 Å². The van der Waals surface area contributed by atoms with Gasteiger partial charge in [-0.25, -0.2) is 0 Å². The molecule has 1 amide bonds. The first-order valence-electron chi connectivity index (χ1n) is 7.85. The van der Waals surface area contributed by atoms with E-state index in [1.54, 1.807) is 6.07 Å². The third kappa shape index (κ3) is 2.38. The summed E-state index contributed by atoms with van der Waals surface area (Å²) in [4.78, 5) is 22.8. The van der Waals surface area contributed by atoms with Crippen LogP contribution in [0.2, 0.25) is 0 Å². The van der Waals surface area contributed by atoms with Crippen molar-refractivity contribution in [3.05, 3.63) is 62.7 Å². The maximum absolute atomic E-state index is 12.2. The Morgan fingerprint density at radius 2 is 2.04 bits per heavy atom. The average Bonchev–Trinajstić information content (AvgIpc) is 3.08. The number of nitrogens with zero attached hydrogens (tertiary/aromatic N) is 1. The molecule has 2 aliphatic carbocycles. The summed E-state index contributed by atoms with van der Waals surface area (Å²) in [6, 6.07) is 4.48. The molecule has 23 heavy (non-hydrogen) atoms. The summed E-state index contributed by atoms with van der Waals surface area (Å²) in [5.41, 5.74) is 5.82. The third-order valence-electron chi connectivity index (χ3n) is 4.73. The number of nitro groups is 1. The lowest BCUT2D eigenvalue weighted by Gasteiger charge is -2.12. The van der Waals surface area contributed by atoms with E-state index in [1.165, 1.54) is 36.1 Å². The van der Waals surface area contributed by atoms with E-state index in [9.17, 15) is 14.9 Å². The first-order valence-corrected chi connectivity index (χ1v) is 7.85. The van der Waals surface area contributed by atoms with Gasteiger partial charge in [0.2, 0.25) is 0 Å². The Balaban J connectivity index is 1.70. The van der Waals surface area contributed by atoms with Gasteiger partial charge in [-0.3, -0.25) is 14.9 Å². The fraction of sp³-hybridized carbons (Fsp3) is 0.278. The highest BCUT2D eigenvalue weighted by Crippen LogP contribution is 2.40. The third-order valence-corrected chi connectivity index (χ3v) is 4.73. The average molecular weight is 308 g/mol. The molecule has 0 saturated heterocycles. The Bertz CT molecular complexity index is 831. The van der Waals surface area contributed by atoms with Gasteiger partial charge in [-0.2, -0.15) is 0 Å². The summed E-state index contributed by atoms with van der Waals surface area (Å²) in [7, 11) is 0. The van der Waals surface area contributed by atoms with Gasteiger partial charge in [-0.1, -0.05) is 11.6 Å². The number of rotatable bonds is 2. The van der Waals surface area contributed by atoms with Gasteiger partial charge >= 0.3 is 0 Å². The standard InChI is InChI=1S/C18H16N2O3/c21-18-16(9-11-7-12-3-1-2-4-13(12)8-11)15-10-14(20(22)23)5-6-17(15)19-18/h5-7,9-10H,1-4,8H2,(H,19,21). The molecule has 4 rings (SSSR count). The number of amides is 1. The van der Waals surface area contributed by atoms with Crippen LogP contribution < -0.4 is 5.32 Å². The van der Waals surface area contributed by atoms with E-state index in [1.807, 2.05) is 6.08 Å². The van der Waals surface area contributed by atoms with E-state index >= 15 is 0 Å². The van der Waals surface area contributed by atoms with E-state index < -0.39 is 4.92 Å². The van der Waals surface area contributed by atoms with Gasteiger partial charge < -0.3 is 5.32 Å². The number of non-ortho nitro benzene ring substituents is 1. The van der Waals surface area contributed by atoms with Crippen molar-refractivity contribution in [3.8, 4) is 0 Å². The van der Waals surface area contributed by atoms with Crippen LogP contribution in [0.5, 0.6) is 0 Å². The van der Waals surface area contributed by atoms with Gasteiger partial charge in [0.05, 0.1) is 4.92 Å². The van der Waals surface area contributed by atoms with Gasteiger partial charge in [0, 0.05) is 29.0 Å². The number of allylic oxidation sites excluding steroid dienone is 5. The summed E-state index contributed by atoms with van der Waals surface area (Å²) in [6.07, 6.45) is 9.72. The number of fused-ring (bicyclic) bond motifs is 1. The normalized spacial score (nSPS) is 21.1. The number of benzene rings is 1. The predicted molar refractivity (Wildman–Crippen MR) is 87.9 cm³/mol. The lowest BCUT2D eigenvalue weighted by atomic mass is 9.93. The molecule has 5 nitrogen and oxygen atoms in total. The van der Waals surface area contributed by atoms with Crippen LogP contribution in [0.1, 0.15) is 37.7 Å². The highest BCUT2D eigenvalue weighted by molar-refractivity contribution is 6.32. The van der Waals surface area contributed by atoms with Crippen LogP contribution in [-0.2, 0) is 4.79 Å². The second-order valence-electron chi connectivity index (χ2n) is 6.23. The summed E-state index contributed by atoms with van der Waals surface area (Å²) >= 11 is 0. The number of hydrogen-bond donors (Lipinski definition) is 1. The van der Waals surface area contributed by atoms with Gasteiger partial charge in [-0.05, 0) is 55.4 Å². The quantitative estimate of drug-likeness (QED) is 0.507. The second-order valence-corrected chi connectivity index (χ2v) is 6.23. The Labute approximate surface area is 133 Å². The van der Waals surface area contributed by atoms with Gasteiger partial charge in [0.1, 0.15) is 0 Å². The molecule has 0 bridgehead atoms. The molecule has 0 aromatic heterocycles. The monoisotopic (exact) mass is 308 g/mol. The van der Waals surface area contributed by atoms with Crippen LogP contribution in [-0.4, -0.2) is 10.8 Å². The summed E-state index contributed by atoms with van der Waals surface area (Å²) in [5.74, 6) is -0.189. The molecule has 0 saturated carbocycles. The second kappa shape index (κ2) is 5.19. The number of nitro benzene ring substituents is 1. The molecule has 1 aliphatic heterocycles. The zero-order valence-corrected chi connectivity index (χ0v) is 12.6. The number of anilines is 1. The highest BCUT2D eigenvalue weighted by Gasteiger charge is 2.27. The Morgan fingerprint density at radius 3 is 2.83 bits per heavy atom.